The first kappa shape index (κ1) is 15.8. The van der Waals surface area contributed by atoms with Crippen LogP contribution in [0.1, 0.15) is 17.4 Å². The number of halogens is 2. The van der Waals surface area contributed by atoms with Crippen LogP contribution in [-0.4, -0.2) is 25.0 Å². The highest BCUT2D eigenvalue weighted by Gasteiger charge is 2.20. The Morgan fingerprint density at radius 2 is 1.95 bits per heavy atom. The van der Waals surface area contributed by atoms with Crippen molar-refractivity contribution in [2.24, 2.45) is 5.73 Å². The first-order valence-electron chi connectivity index (χ1n) is 6.50. The van der Waals surface area contributed by atoms with Gasteiger partial charge in [0.2, 0.25) is 0 Å². The predicted octanol–water partition coefficient (Wildman–Crippen LogP) is 3.98. The molecule has 0 spiro atoms. The number of likely N-dealkylation sites (N-methyl/N-ethyl adjacent to an activating group) is 1. The van der Waals surface area contributed by atoms with E-state index in [9.17, 15) is 0 Å². The second kappa shape index (κ2) is 7.41. The minimum Gasteiger partial charge on any atom is -0.451 e. The Morgan fingerprint density at radius 3 is 2.50 bits per heavy atom. The summed E-state index contributed by atoms with van der Waals surface area (Å²) in [6.07, 6.45) is 0.997. The van der Waals surface area contributed by atoms with Crippen LogP contribution in [0.5, 0.6) is 0 Å². The van der Waals surface area contributed by atoms with Gasteiger partial charge >= 0.3 is 0 Å². The molecule has 1 heterocycles. The van der Waals surface area contributed by atoms with Crippen LogP contribution in [0.2, 0.25) is 0 Å². The van der Waals surface area contributed by atoms with Crippen molar-refractivity contribution >= 4 is 31.9 Å². The second-order valence-electron chi connectivity index (χ2n) is 4.74. The van der Waals surface area contributed by atoms with Gasteiger partial charge in [0.05, 0.1) is 10.5 Å². The fourth-order valence-corrected chi connectivity index (χ4v) is 2.75. The molecular weight excluding hydrogens is 384 g/mol. The molecule has 0 radical (unpaired) electrons. The van der Waals surface area contributed by atoms with E-state index in [1.807, 2.05) is 12.1 Å². The highest BCUT2D eigenvalue weighted by molar-refractivity contribution is 9.13. The molecule has 0 aliphatic carbocycles. The fourth-order valence-electron chi connectivity index (χ4n) is 2.15. The van der Waals surface area contributed by atoms with Crippen LogP contribution in [0, 0.1) is 0 Å². The summed E-state index contributed by atoms with van der Waals surface area (Å²) in [5.41, 5.74) is 7.23. The zero-order valence-electron chi connectivity index (χ0n) is 11.4. The molecule has 0 saturated carbocycles. The fraction of sp³-hybridized carbons (Fsp3) is 0.333. The molecule has 0 aliphatic heterocycles. The number of nitrogens with zero attached hydrogens (tertiary/aromatic N) is 1. The molecule has 0 bridgehead atoms. The lowest BCUT2D eigenvalue weighted by Crippen LogP contribution is -2.31. The summed E-state index contributed by atoms with van der Waals surface area (Å²) in [7, 11) is 2.07. The number of rotatable bonds is 6. The van der Waals surface area contributed by atoms with Gasteiger partial charge in [0.1, 0.15) is 5.76 Å². The molecule has 0 fully saturated rings. The molecule has 1 aromatic carbocycles. The second-order valence-corrected chi connectivity index (χ2v) is 6.31. The minimum absolute atomic E-state index is 0.0845. The van der Waals surface area contributed by atoms with Crippen LogP contribution in [0.3, 0.4) is 0 Å². The molecule has 1 atom stereocenters. The van der Waals surface area contributed by atoms with Gasteiger partial charge in [0.15, 0.2) is 4.67 Å². The first-order valence-corrected chi connectivity index (χ1v) is 8.09. The lowest BCUT2D eigenvalue weighted by molar-refractivity contribution is 0.221. The van der Waals surface area contributed by atoms with Gasteiger partial charge in [-0.25, -0.2) is 0 Å². The van der Waals surface area contributed by atoms with Crippen molar-refractivity contribution in [2.75, 3.05) is 20.1 Å². The maximum Gasteiger partial charge on any atom is 0.183 e. The van der Waals surface area contributed by atoms with Gasteiger partial charge in [-0.1, -0.05) is 30.3 Å². The molecule has 2 aromatic rings. The molecule has 0 saturated heterocycles. The van der Waals surface area contributed by atoms with Crippen molar-refractivity contribution in [2.45, 2.75) is 12.5 Å². The summed E-state index contributed by atoms with van der Waals surface area (Å²) in [5.74, 6) is 0.877. The predicted molar refractivity (Wildman–Crippen MR) is 88.7 cm³/mol. The highest BCUT2D eigenvalue weighted by Crippen LogP contribution is 2.31. The van der Waals surface area contributed by atoms with E-state index in [1.165, 1.54) is 5.56 Å². The molecule has 0 amide bonds. The molecule has 20 heavy (non-hydrogen) atoms. The minimum atomic E-state index is 0.0845. The SMILES string of the molecule is CN(CCc1ccccc1)C(CN)c1cc(Br)c(Br)o1. The Balaban J connectivity index is 2.00. The molecule has 5 heteroatoms. The Kier molecular flexibility index (Phi) is 5.84. The van der Waals surface area contributed by atoms with Gasteiger partial charge in [0, 0.05) is 13.1 Å². The molecule has 1 aromatic heterocycles. The van der Waals surface area contributed by atoms with E-state index >= 15 is 0 Å². The third-order valence-electron chi connectivity index (χ3n) is 3.34. The molecule has 108 valence electrons. The molecule has 0 aliphatic rings. The summed E-state index contributed by atoms with van der Waals surface area (Å²) in [6.45, 7) is 1.46. The number of benzene rings is 1. The standard InChI is InChI=1S/C15H18Br2N2O/c1-19(8-7-11-5-3-2-4-6-11)13(10-18)14-9-12(16)15(17)20-14/h2-6,9,13H,7-8,10,18H2,1H3. The first-order chi connectivity index (χ1) is 9.61. The summed E-state index contributed by atoms with van der Waals surface area (Å²) in [5, 5.41) is 0. The van der Waals surface area contributed by atoms with Gasteiger partial charge in [-0.3, -0.25) is 4.90 Å². The van der Waals surface area contributed by atoms with E-state index in [4.69, 9.17) is 10.2 Å². The Labute approximate surface area is 136 Å². The van der Waals surface area contributed by atoms with Crippen LogP contribution >= 0.6 is 31.9 Å². The zero-order valence-corrected chi connectivity index (χ0v) is 14.5. The third kappa shape index (κ3) is 3.95. The average Bonchev–Trinajstić information content (AvgIpc) is 2.78. The van der Waals surface area contributed by atoms with E-state index in [1.54, 1.807) is 0 Å². The van der Waals surface area contributed by atoms with Crippen molar-refractivity contribution in [3.05, 3.63) is 56.9 Å². The van der Waals surface area contributed by atoms with Crippen LogP contribution in [0.4, 0.5) is 0 Å². The average molecular weight is 402 g/mol. The largest absolute Gasteiger partial charge is 0.451 e. The van der Waals surface area contributed by atoms with Crippen molar-refractivity contribution in [3.63, 3.8) is 0 Å². The number of hydrogen-bond acceptors (Lipinski definition) is 3. The monoisotopic (exact) mass is 400 g/mol. The maximum atomic E-state index is 5.90. The third-order valence-corrected chi connectivity index (χ3v) is 5.05. The Hall–Kier alpha value is -0.620. The van der Waals surface area contributed by atoms with E-state index in [0.717, 1.165) is 23.2 Å². The molecule has 2 N–H and O–H groups in total. The van der Waals surface area contributed by atoms with Gasteiger partial charge in [0.25, 0.3) is 0 Å². The van der Waals surface area contributed by atoms with Gasteiger partial charge in [-0.2, -0.15) is 0 Å². The molecule has 3 nitrogen and oxygen atoms in total. The Bertz CT molecular complexity index is 523. The van der Waals surface area contributed by atoms with Crippen LogP contribution in [0.25, 0.3) is 0 Å². The van der Waals surface area contributed by atoms with Crippen LogP contribution in [0.15, 0.2) is 50.0 Å². The lowest BCUT2D eigenvalue weighted by Gasteiger charge is -2.25. The summed E-state index contributed by atoms with van der Waals surface area (Å²) in [4.78, 5) is 2.23. The molecule has 2 rings (SSSR count). The van der Waals surface area contributed by atoms with Crippen molar-refractivity contribution in [1.29, 1.82) is 0 Å². The van der Waals surface area contributed by atoms with E-state index in [0.29, 0.717) is 11.2 Å². The maximum absolute atomic E-state index is 5.90. The molecule has 1 unspecified atom stereocenters. The summed E-state index contributed by atoms with van der Waals surface area (Å²) < 4.78 is 7.32. The normalized spacial score (nSPS) is 12.8. The van der Waals surface area contributed by atoms with Gasteiger partial charge in [-0.15, -0.1) is 0 Å². The number of nitrogens with two attached hydrogens (primary N) is 1. The Morgan fingerprint density at radius 1 is 1.25 bits per heavy atom. The highest BCUT2D eigenvalue weighted by atomic mass is 79.9. The van der Waals surface area contributed by atoms with E-state index in [-0.39, 0.29) is 6.04 Å². The van der Waals surface area contributed by atoms with E-state index in [2.05, 4.69) is 68.1 Å². The zero-order chi connectivity index (χ0) is 14.5. The van der Waals surface area contributed by atoms with Gasteiger partial charge in [-0.05, 0) is 57.0 Å². The van der Waals surface area contributed by atoms with Crippen molar-refractivity contribution in [1.82, 2.24) is 4.90 Å². The quantitative estimate of drug-likeness (QED) is 0.795. The van der Waals surface area contributed by atoms with Crippen LogP contribution in [-0.2, 0) is 6.42 Å². The lowest BCUT2D eigenvalue weighted by atomic mass is 10.1. The van der Waals surface area contributed by atoms with Crippen molar-refractivity contribution in [3.8, 4) is 0 Å². The van der Waals surface area contributed by atoms with E-state index < -0.39 is 0 Å². The topological polar surface area (TPSA) is 42.4 Å². The molecular formula is C15H18Br2N2O. The van der Waals surface area contributed by atoms with Crippen molar-refractivity contribution < 1.29 is 4.42 Å². The number of hydrogen-bond donors (Lipinski definition) is 1. The number of furan rings is 1. The summed E-state index contributed by atoms with van der Waals surface area (Å²) in [6, 6.07) is 12.5. The van der Waals surface area contributed by atoms with Crippen LogP contribution < -0.4 is 5.73 Å². The van der Waals surface area contributed by atoms with Gasteiger partial charge < -0.3 is 10.2 Å². The summed E-state index contributed by atoms with van der Waals surface area (Å²) >= 11 is 6.80. The smallest absolute Gasteiger partial charge is 0.183 e.